The van der Waals surface area contributed by atoms with Gasteiger partial charge in [-0.15, -0.1) is 0 Å². The first-order valence-electron chi connectivity index (χ1n) is 6.04. The highest BCUT2D eigenvalue weighted by atomic mass is 35.5. The molecule has 0 radical (unpaired) electrons. The van der Waals surface area contributed by atoms with Crippen LogP contribution in [0.5, 0.6) is 5.75 Å². The maximum absolute atomic E-state index is 12.0. The summed E-state index contributed by atoms with van der Waals surface area (Å²) in [6.45, 7) is 2.55. The molecule has 0 atom stereocenters. The quantitative estimate of drug-likeness (QED) is 0.718. The summed E-state index contributed by atoms with van der Waals surface area (Å²) in [4.78, 5) is 0.0981. The number of nitrogens with one attached hydrogen (secondary N) is 1. The van der Waals surface area contributed by atoms with E-state index in [9.17, 15) is 8.42 Å². The average Bonchev–Trinajstić information content (AvgIpc) is 2.37. The number of benzene rings is 1. The fraction of sp³-hybridized carbons (Fsp3) is 0.500. The standard InChI is InChI=1S/C12H18ClNO4S/c1-2-8-18-12-9-10(4-5-11(12)13)19(16,17)14-6-3-7-15/h4-5,9,14-15H,2-3,6-8H2,1H3. The molecule has 0 aliphatic carbocycles. The van der Waals surface area contributed by atoms with Crippen LogP contribution in [0, 0.1) is 0 Å². The lowest BCUT2D eigenvalue weighted by Crippen LogP contribution is -2.25. The summed E-state index contributed by atoms with van der Waals surface area (Å²) in [5, 5.41) is 9.02. The van der Waals surface area contributed by atoms with Crippen LogP contribution in [0.3, 0.4) is 0 Å². The van der Waals surface area contributed by atoms with Crippen LogP contribution in [0.15, 0.2) is 23.1 Å². The van der Waals surface area contributed by atoms with Crippen molar-refractivity contribution in [1.82, 2.24) is 4.72 Å². The van der Waals surface area contributed by atoms with Crippen molar-refractivity contribution in [3.8, 4) is 5.75 Å². The summed E-state index contributed by atoms with van der Waals surface area (Å²) in [5.41, 5.74) is 0. The van der Waals surface area contributed by atoms with E-state index in [0.29, 0.717) is 23.8 Å². The minimum atomic E-state index is -3.60. The van der Waals surface area contributed by atoms with Gasteiger partial charge in [-0.05, 0) is 25.0 Å². The van der Waals surface area contributed by atoms with E-state index in [1.54, 1.807) is 0 Å². The molecule has 0 fully saturated rings. The Morgan fingerprint density at radius 2 is 2.16 bits per heavy atom. The summed E-state index contributed by atoms with van der Waals surface area (Å²) >= 11 is 5.94. The molecule has 2 N–H and O–H groups in total. The van der Waals surface area contributed by atoms with Crippen molar-refractivity contribution in [2.45, 2.75) is 24.7 Å². The second-order valence-corrected chi connectivity index (χ2v) is 6.09. The average molecular weight is 308 g/mol. The fourth-order valence-electron chi connectivity index (χ4n) is 1.34. The van der Waals surface area contributed by atoms with E-state index < -0.39 is 10.0 Å². The molecule has 0 saturated carbocycles. The van der Waals surface area contributed by atoms with Gasteiger partial charge < -0.3 is 9.84 Å². The van der Waals surface area contributed by atoms with Crippen LogP contribution >= 0.6 is 11.6 Å². The molecule has 0 aliphatic rings. The van der Waals surface area contributed by atoms with Gasteiger partial charge in [0.25, 0.3) is 0 Å². The number of aliphatic hydroxyl groups is 1. The minimum absolute atomic E-state index is 0.0615. The van der Waals surface area contributed by atoms with Gasteiger partial charge in [0.1, 0.15) is 5.75 Å². The number of ether oxygens (including phenoxy) is 1. The summed E-state index contributed by atoms with van der Waals surface area (Å²) in [6.07, 6.45) is 1.17. The molecule has 0 amide bonds. The summed E-state index contributed by atoms with van der Waals surface area (Å²) in [5.74, 6) is 0.355. The van der Waals surface area contributed by atoms with Gasteiger partial charge in [-0.1, -0.05) is 18.5 Å². The SMILES string of the molecule is CCCOc1cc(S(=O)(=O)NCCCO)ccc1Cl. The largest absolute Gasteiger partial charge is 0.492 e. The third kappa shape index (κ3) is 4.99. The van der Waals surface area contributed by atoms with E-state index in [0.717, 1.165) is 6.42 Å². The second-order valence-electron chi connectivity index (χ2n) is 3.92. The van der Waals surface area contributed by atoms with Crippen molar-refractivity contribution < 1.29 is 18.3 Å². The first-order valence-corrected chi connectivity index (χ1v) is 7.90. The van der Waals surface area contributed by atoms with Crippen molar-refractivity contribution in [1.29, 1.82) is 0 Å². The molecular weight excluding hydrogens is 290 g/mol. The summed E-state index contributed by atoms with van der Waals surface area (Å²) in [6, 6.07) is 4.31. The number of hydrogen-bond donors (Lipinski definition) is 2. The van der Waals surface area contributed by atoms with Crippen molar-refractivity contribution in [3.05, 3.63) is 23.2 Å². The number of aliphatic hydroxyl groups excluding tert-OH is 1. The molecule has 0 saturated heterocycles. The van der Waals surface area contributed by atoms with E-state index >= 15 is 0 Å². The zero-order valence-electron chi connectivity index (χ0n) is 10.7. The monoisotopic (exact) mass is 307 g/mol. The Balaban J connectivity index is 2.88. The van der Waals surface area contributed by atoms with Crippen molar-refractivity contribution in [2.75, 3.05) is 19.8 Å². The van der Waals surface area contributed by atoms with Gasteiger partial charge in [0.2, 0.25) is 10.0 Å². The van der Waals surface area contributed by atoms with Crippen molar-refractivity contribution in [3.63, 3.8) is 0 Å². The normalized spacial score (nSPS) is 11.5. The van der Waals surface area contributed by atoms with Gasteiger partial charge in [0, 0.05) is 19.2 Å². The van der Waals surface area contributed by atoms with E-state index in [1.165, 1.54) is 18.2 Å². The maximum atomic E-state index is 12.0. The third-order valence-electron chi connectivity index (χ3n) is 2.30. The second kappa shape index (κ2) is 7.69. The molecule has 1 aromatic carbocycles. The molecular formula is C12H18ClNO4S. The van der Waals surface area contributed by atoms with Crippen molar-refractivity contribution in [2.24, 2.45) is 0 Å². The Morgan fingerprint density at radius 1 is 1.42 bits per heavy atom. The molecule has 7 heteroatoms. The zero-order chi connectivity index (χ0) is 14.3. The molecule has 5 nitrogen and oxygen atoms in total. The molecule has 1 aromatic rings. The molecule has 1 rings (SSSR count). The number of halogens is 1. The van der Waals surface area contributed by atoms with Gasteiger partial charge in [0.15, 0.2) is 0 Å². The molecule has 108 valence electrons. The summed E-state index contributed by atoms with van der Waals surface area (Å²) < 4.78 is 31.7. The Labute approximate surface area is 118 Å². The smallest absolute Gasteiger partial charge is 0.240 e. The summed E-state index contributed by atoms with van der Waals surface area (Å²) in [7, 11) is -3.60. The van der Waals surface area contributed by atoms with E-state index in [4.69, 9.17) is 21.4 Å². The maximum Gasteiger partial charge on any atom is 0.240 e. The highest BCUT2D eigenvalue weighted by Gasteiger charge is 2.15. The Hall–Kier alpha value is -0.820. The molecule has 0 unspecified atom stereocenters. The first kappa shape index (κ1) is 16.2. The van der Waals surface area contributed by atoms with Gasteiger partial charge >= 0.3 is 0 Å². The zero-order valence-corrected chi connectivity index (χ0v) is 12.3. The molecule has 0 aromatic heterocycles. The van der Waals surface area contributed by atoms with Crippen LogP contribution in [0.25, 0.3) is 0 Å². The molecule has 0 aliphatic heterocycles. The fourth-order valence-corrected chi connectivity index (χ4v) is 2.60. The van der Waals surface area contributed by atoms with Crippen LogP contribution in [0.2, 0.25) is 5.02 Å². The first-order chi connectivity index (χ1) is 9.01. The number of hydrogen-bond acceptors (Lipinski definition) is 4. The molecule has 19 heavy (non-hydrogen) atoms. The lowest BCUT2D eigenvalue weighted by molar-refractivity contribution is 0.289. The Bertz CT molecular complexity index is 504. The van der Waals surface area contributed by atoms with Crippen LogP contribution in [-0.4, -0.2) is 33.3 Å². The van der Waals surface area contributed by atoms with Crippen molar-refractivity contribution >= 4 is 21.6 Å². The Morgan fingerprint density at radius 3 is 2.79 bits per heavy atom. The lowest BCUT2D eigenvalue weighted by atomic mass is 10.3. The molecule has 0 heterocycles. The van der Waals surface area contributed by atoms with Crippen LogP contribution in [0.4, 0.5) is 0 Å². The van der Waals surface area contributed by atoms with Crippen LogP contribution < -0.4 is 9.46 Å². The van der Waals surface area contributed by atoms with E-state index in [1.807, 2.05) is 6.92 Å². The van der Waals surface area contributed by atoms with Gasteiger partial charge in [-0.25, -0.2) is 13.1 Å². The Kier molecular flexibility index (Phi) is 6.57. The third-order valence-corrected chi connectivity index (χ3v) is 4.07. The minimum Gasteiger partial charge on any atom is -0.492 e. The van der Waals surface area contributed by atoms with E-state index in [-0.39, 0.29) is 18.0 Å². The van der Waals surface area contributed by atoms with Crippen LogP contribution in [0.1, 0.15) is 19.8 Å². The highest BCUT2D eigenvalue weighted by molar-refractivity contribution is 7.89. The molecule has 0 bridgehead atoms. The predicted octanol–water partition coefficient (Wildman–Crippen LogP) is 1.79. The lowest BCUT2D eigenvalue weighted by Gasteiger charge is -2.10. The highest BCUT2D eigenvalue weighted by Crippen LogP contribution is 2.27. The van der Waals surface area contributed by atoms with Crippen LogP contribution in [-0.2, 0) is 10.0 Å². The molecule has 0 spiro atoms. The predicted molar refractivity (Wildman–Crippen MR) is 74.1 cm³/mol. The van der Waals surface area contributed by atoms with Gasteiger partial charge in [0.05, 0.1) is 16.5 Å². The van der Waals surface area contributed by atoms with Gasteiger partial charge in [-0.2, -0.15) is 0 Å². The number of sulfonamides is 1. The number of rotatable bonds is 8. The van der Waals surface area contributed by atoms with Gasteiger partial charge in [-0.3, -0.25) is 0 Å². The topological polar surface area (TPSA) is 75.6 Å². The van der Waals surface area contributed by atoms with E-state index in [2.05, 4.69) is 4.72 Å².